The van der Waals surface area contributed by atoms with Gasteiger partial charge in [-0.15, -0.1) is 5.10 Å². The second-order valence-corrected chi connectivity index (χ2v) is 5.18. The molecular weight excluding hydrogens is 286 g/mol. The second kappa shape index (κ2) is 5.93. The summed E-state index contributed by atoms with van der Waals surface area (Å²) in [6.07, 6.45) is 1.58. The average Bonchev–Trinajstić information content (AvgIpc) is 2.99. The molecule has 3 rings (SSSR count). The van der Waals surface area contributed by atoms with Gasteiger partial charge in [-0.3, -0.25) is 0 Å². The van der Waals surface area contributed by atoms with Gasteiger partial charge >= 0.3 is 0 Å². The molecule has 0 spiro atoms. The molecule has 6 heteroatoms. The summed E-state index contributed by atoms with van der Waals surface area (Å²) in [4.78, 5) is 0. The van der Waals surface area contributed by atoms with Crippen molar-refractivity contribution < 1.29 is 0 Å². The number of rotatable bonds is 4. The Morgan fingerprint density at radius 1 is 1.19 bits per heavy atom. The maximum Gasteiger partial charge on any atom is 0.143 e. The molecule has 0 atom stereocenters. The van der Waals surface area contributed by atoms with Crippen LogP contribution in [0.1, 0.15) is 11.1 Å². The van der Waals surface area contributed by atoms with Gasteiger partial charge in [-0.1, -0.05) is 23.7 Å². The fraction of sp³-hybridized carbons (Fsp3) is 0.133. The third-order valence-corrected chi connectivity index (χ3v) is 3.41. The molecule has 0 amide bonds. The molecule has 1 N–H and O–H groups in total. The molecule has 0 bridgehead atoms. The largest absolute Gasteiger partial charge is 0.381 e. The van der Waals surface area contributed by atoms with Gasteiger partial charge < -0.3 is 5.32 Å². The van der Waals surface area contributed by atoms with Crippen molar-refractivity contribution in [3.8, 4) is 5.69 Å². The highest BCUT2D eigenvalue weighted by molar-refractivity contribution is 6.30. The van der Waals surface area contributed by atoms with E-state index in [0.717, 1.165) is 34.1 Å². The SMILES string of the molecule is Cc1cc(NCc2cccc(Cl)c2)ccc1-n1cnnn1. The van der Waals surface area contributed by atoms with Crippen molar-refractivity contribution in [2.24, 2.45) is 0 Å². The highest BCUT2D eigenvalue weighted by Gasteiger charge is 2.03. The first-order valence-corrected chi connectivity index (χ1v) is 6.92. The van der Waals surface area contributed by atoms with E-state index in [1.165, 1.54) is 0 Å². The maximum absolute atomic E-state index is 5.98. The molecule has 5 nitrogen and oxygen atoms in total. The Kier molecular flexibility index (Phi) is 3.83. The van der Waals surface area contributed by atoms with Gasteiger partial charge in [0, 0.05) is 17.3 Å². The number of nitrogens with one attached hydrogen (secondary N) is 1. The highest BCUT2D eigenvalue weighted by Crippen LogP contribution is 2.19. The molecule has 0 aliphatic heterocycles. The van der Waals surface area contributed by atoms with Gasteiger partial charge in [-0.2, -0.15) is 0 Å². The van der Waals surface area contributed by atoms with E-state index in [4.69, 9.17) is 11.6 Å². The van der Waals surface area contributed by atoms with Crippen molar-refractivity contribution in [1.82, 2.24) is 20.2 Å². The molecule has 0 aliphatic carbocycles. The van der Waals surface area contributed by atoms with Gasteiger partial charge in [-0.05, 0) is 58.8 Å². The Hall–Kier alpha value is -2.40. The van der Waals surface area contributed by atoms with Crippen LogP contribution in [0.15, 0.2) is 48.8 Å². The van der Waals surface area contributed by atoms with Crippen molar-refractivity contribution in [3.63, 3.8) is 0 Å². The Morgan fingerprint density at radius 2 is 2.10 bits per heavy atom. The van der Waals surface area contributed by atoms with Gasteiger partial charge in [0.25, 0.3) is 0 Å². The number of hydrogen-bond acceptors (Lipinski definition) is 4. The number of nitrogens with zero attached hydrogens (tertiary/aromatic N) is 4. The van der Waals surface area contributed by atoms with Crippen molar-refractivity contribution in [1.29, 1.82) is 0 Å². The lowest BCUT2D eigenvalue weighted by Crippen LogP contribution is -2.02. The first-order valence-electron chi connectivity index (χ1n) is 6.55. The fourth-order valence-electron chi connectivity index (χ4n) is 2.15. The standard InChI is InChI=1S/C15H14ClN5/c1-11-7-14(5-6-15(11)21-10-18-19-20-21)17-9-12-3-2-4-13(16)8-12/h2-8,10,17H,9H2,1H3. The lowest BCUT2D eigenvalue weighted by Gasteiger charge is -2.10. The number of tetrazole rings is 1. The zero-order chi connectivity index (χ0) is 14.7. The van der Waals surface area contributed by atoms with Gasteiger partial charge in [0.15, 0.2) is 0 Å². The average molecular weight is 300 g/mol. The highest BCUT2D eigenvalue weighted by atomic mass is 35.5. The van der Waals surface area contributed by atoms with E-state index in [0.29, 0.717) is 0 Å². The molecule has 0 unspecified atom stereocenters. The van der Waals surface area contributed by atoms with Crippen LogP contribution in [0.3, 0.4) is 0 Å². The number of hydrogen-bond donors (Lipinski definition) is 1. The van der Waals surface area contributed by atoms with E-state index in [-0.39, 0.29) is 0 Å². The van der Waals surface area contributed by atoms with Crippen LogP contribution in [0.5, 0.6) is 0 Å². The Morgan fingerprint density at radius 3 is 2.81 bits per heavy atom. The maximum atomic E-state index is 5.98. The van der Waals surface area contributed by atoms with Crippen molar-refractivity contribution in [3.05, 3.63) is 64.9 Å². The number of anilines is 1. The minimum atomic E-state index is 0.726. The summed E-state index contributed by atoms with van der Waals surface area (Å²) in [5.41, 5.74) is 4.25. The normalized spacial score (nSPS) is 10.6. The molecule has 1 heterocycles. The summed E-state index contributed by atoms with van der Waals surface area (Å²) in [5, 5.41) is 15.3. The van der Waals surface area contributed by atoms with E-state index >= 15 is 0 Å². The monoisotopic (exact) mass is 299 g/mol. The van der Waals surface area contributed by atoms with Crippen LogP contribution < -0.4 is 5.32 Å². The van der Waals surface area contributed by atoms with Crippen LogP contribution in [0, 0.1) is 6.92 Å². The molecule has 0 fully saturated rings. The summed E-state index contributed by atoms with van der Waals surface area (Å²) in [6.45, 7) is 2.76. The summed E-state index contributed by atoms with van der Waals surface area (Å²) >= 11 is 5.98. The van der Waals surface area contributed by atoms with Gasteiger partial charge in [0.1, 0.15) is 6.33 Å². The van der Waals surface area contributed by atoms with Crippen LogP contribution in [0.2, 0.25) is 5.02 Å². The zero-order valence-corrected chi connectivity index (χ0v) is 12.2. The van der Waals surface area contributed by atoms with Crippen molar-refractivity contribution >= 4 is 17.3 Å². The second-order valence-electron chi connectivity index (χ2n) is 4.74. The van der Waals surface area contributed by atoms with Crippen LogP contribution in [-0.2, 0) is 6.54 Å². The van der Waals surface area contributed by atoms with E-state index in [2.05, 4.69) is 26.9 Å². The minimum Gasteiger partial charge on any atom is -0.381 e. The van der Waals surface area contributed by atoms with E-state index in [9.17, 15) is 0 Å². The molecule has 0 radical (unpaired) electrons. The van der Waals surface area contributed by atoms with Crippen LogP contribution >= 0.6 is 11.6 Å². The number of aromatic nitrogens is 4. The van der Waals surface area contributed by atoms with E-state index < -0.39 is 0 Å². The molecule has 0 saturated carbocycles. The zero-order valence-electron chi connectivity index (χ0n) is 11.5. The third kappa shape index (κ3) is 3.20. The van der Waals surface area contributed by atoms with Crippen molar-refractivity contribution in [2.45, 2.75) is 13.5 Å². The molecule has 106 valence electrons. The first-order chi connectivity index (χ1) is 10.2. The molecule has 0 saturated heterocycles. The number of halogens is 1. The molecule has 1 aromatic heterocycles. The summed E-state index contributed by atoms with van der Waals surface area (Å²) in [7, 11) is 0. The lowest BCUT2D eigenvalue weighted by atomic mass is 10.1. The lowest BCUT2D eigenvalue weighted by molar-refractivity contribution is 0.785. The van der Waals surface area contributed by atoms with Crippen LogP contribution in [-0.4, -0.2) is 20.2 Å². The molecule has 0 aliphatic rings. The van der Waals surface area contributed by atoms with Crippen molar-refractivity contribution in [2.75, 3.05) is 5.32 Å². The molecule has 3 aromatic rings. The van der Waals surface area contributed by atoms with Gasteiger partial charge in [0.2, 0.25) is 0 Å². The predicted octanol–water partition coefficient (Wildman–Crippen LogP) is 3.24. The van der Waals surface area contributed by atoms with E-state index in [1.807, 2.05) is 43.3 Å². The Bertz CT molecular complexity index is 740. The number of aryl methyl sites for hydroxylation is 1. The predicted molar refractivity (Wildman–Crippen MR) is 82.7 cm³/mol. The Balaban J connectivity index is 1.74. The van der Waals surface area contributed by atoms with Crippen LogP contribution in [0.25, 0.3) is 5.69 Å². The topological polar surface area (TPSA) is 55.6 Å². The van der Waals surface area contributed by atoms with Gasteiger partial charge in [-0.25, -0.2) is 4.68 Å². The van der Waals surface area contributed by atoms with Crippen LogP contribution in [0.4, 0.5) is 5.69 Å². The number of benzene rings is 2. The summed E-state index contributed by atoms with van der Waals surface area (Å²) in [5.74, 6) is 0. The smallest absolute Gasteiger partial charge is 0.143 e. The molecule has 21 heavy (non-hydrogen) atoms. The summed E-state index contributed by atoms with van der Waals surface area (Å²) < 4.78 is 1.65. The third-order valence-electron chi connectivity index (χ3n) is 3.18. The Labute approximate surface area is 127 Å². The fourth-order valence-corrected chi connectivity index (χ4v) is 2.36. The first kappa shape index (κ1) is 13.6. The minimum absolute atomic E-state index is 0.726. The quantitative estimate of drug-likeness (QED) is 0.803. The van der Waals surface area contributed by atoms with Gasteiger partial charge in [0.05, 0.1) is 5.69 Å². The summed E-state index contributed by atoms with van der Waals surface area (Å²) in [6, 6.07) is 13.9. The van der Waals surface area contributed by atoms with E-state index in [1.54, 1.807) is 11.0 Å². The molecular formula is C15H14ClN5. The molecule has 2 aromatic carbocycles.